The fraction of sp³-hybridized carbons (Fsp3) is 0.362. The molecule has 0 aromatic carbocycles. The molecule has 63 heavy (non-hydrogen) atoms. The molecule has 0 saturated heterocycles. The maximum absolute atomic E-state index is 11.5. The van der Waals surface area contributed by atoms with Gasteiger partial charge in [-0.2, -0.15) is 6.07 Å². The summed E-state index contributed by atoms with van der Waals surface area (Å²) in [5.74, 6) is 2.52. The van der Waals surface area contributed by atoms with Gasteiger partial charge in [0.2, 0.25) is 5.91 Å². The predicted octanol–water partition coefficient (Wildman–Crippen LogP) is 9.21. The van der Waals surface area contributed by atoms with Crippen LogP contribution in [-0.2, 0) is 56.4 Å². The molecule has 1 N–H and O–H groups in total. The molecule has 7 heterocycles. The first-order valence-electron chi connectivity index (χ1n) is 19.5. The number of allylic oxidation sites excluding steroid dienone is 1. The third-order valence-electron chi connectivity index (χ3n) is 8.99. The number of oxazole rings is 1. The summed E-state index contributed by atoms with van der Waals surface area (Å²) in [5, 5.41) is 2.73. The first-order valence-corrected chi connectivity index (χ1v) is 19.5. The molecule has 0 saturated carbocycles. The van der Waals surface area contributed by atoms with E-state index in [0.717, 1.165) is 39.8 Å². The van der Waals surface area contributed by atoms with Crippen LogP contribution < -0.4 is 5.32 Å². The van der Waals surface area contributed by atoms with Gasteiger partial charge in [-0.15, -0.1) is 11.1 Å². The van der Waals surface area contributed by atoms with E-state index >= 15 is 0 Å². The summed E-state index contributed by atoms with van der Waals surface area (Å²) in [6, 6.07) is 3.12. The van der Waals surface area contributed by atoms with Crippen LogP contribution in [0, 0.1) is 33.8 Å². The van der Waals surface area contributed by atoms with E-state index in [-0.39, 0.29) is 49.9 Å². The van der Waals surface area contributed by atoms with Gasteiger partial charge in [-0.25, -0.2) is 4.98 Å². The zero-order valence-corrected chi connectivity index (χ0v) is 42.6. The van der Waals surface area contributed by atoms with E-state index in [0.29, 0.717) is 29.6 Å². The topological polar surface area (TPSA) is 139 Å². The maximum atomic E-state index is 11.5. The van der Waals surface area contributed by atoms with Crippen molar-refractivity contribution in [2.75, 3.05) is 34.7 Å². The minimum Gasteiger partial charge on any atom is -0.488 e. The third-order valence-corrected chi connectivity index (χ3v) is 8.99. The number of nitrogens with one attached hydrogen (secondary N) is 1. The number of pyridine rings is 1. The van der Waals surface area contributed by atoms with Crippen LogP contribution >= 0.6 is 0 Å². The number of amides is 1. The van der Waals surface area contributed by atoms with Crippen LogP contribution in [0.2, 0.25) is 0 Å². The second-order valence-electron chi connectivity index (χ2n) is 14.6. The Labute approximate surface area is 401 Å². The number of aliphatic imine (C=N–C) groups is 1. The van der Waals surface area contributed by atoms with Crippen LogP contribution in [0.5, 0.6) is 0 Å². The minimum atomic E-state index is -0.247. The molecule has 341 valence electrons. The predicted molar refractivity (Wildman–Crippen MR) is 246 cm³/mol. The van der Waals surface area contributed by atoms with Gasteiger partial charge < -0.3 is 58.0 Å². The average Bonchev–Trinajstić information content (AvgIpc) is 3.93. The van der Waals surface area contributed by atoms with Gasteiger partial charge in [0.25, 0.3) is 0 Å². The number of rotatable bonds is 2. The Kier molecular flexibility index (Phi) is 25.4. The molecule has 5 aliphatic heterocycles. The van der Waals surface area contributed by atoms with E-state index < -0.39 is 0 Å². The molecule has 2 aromatic rings. The summed E-state index contributed by atoms with van der Waals surface area (Å²) in [6.07, 6.45) is 20.2. The van der Waals surface area contributed by atoms with Gasteiger partial charge in [0.1, 0.15) is 54.7 Å². The van der Waals surface area contributed by atoms with Crippen molar-refractivity contribution < 1.29 is 65.6 Å². The molecule has 1 amide bonds. The van der Waals surface area contributed by atoms with E-state index in [1.807, 2.05) is 124 Å². The summed E-state index contributed by atoms with van der Waals surface area (Å²) in [6.45, 7) is 38.3. The Bertz CT molecular complexity index is 2030. The van der Waals surface area contributed by atoms with Crippen LogP contribution in [0.15, 0.2) is 146 Å². The number of carbonyl (C=O) groups is 1. The first kappa shape index (κ1) is 57.2. The van der Waals surface area contributed by atoms with Crippen LogP contribution in [-0.4, -0.2) is 87.2 Å². The summed E-state index contributed by atoms with van der Waals surface area (Å²) in [4.78, 5) is 31.1. The number of likely N-dealkylation sites (N-methyl/N-ethyl adjacent to an activating group) is 2. The number of aryl methyl sites for hydroxylation is 4. The monoisotopic (exact) mass is 944 g/mol. The Morgan fingerprint density at radius 3 is 1.70 bits per heavy atom. The van der Waals surface area contributed by atoms with Crippen molar-refractivity contribution >= 4 is 11.6 Å². The van der Waals surface area contributed by atoms with Gasteiger partial charge >= 0.3 is 0 Å². The van der Waals surface area contributed by atoms with E-state index in [1.165, 1.54) is 6.26 Å². The van der Waals surface area contributed by atoms with Crippen molar-refractivity contribution in [3.63, 3.8) is 0 Å². The molecule has 2 aromatic heterocycles. The summed E-state index contributed by atoms with van der Waals surface area (Å²) in [7, 11) is 7.73. The smallest absolute Gasteiger partial charge is 0.213 e. The normalized spacial score (nSPS) is 16.5. The molecule has 0 spiro atoms. The van der Waals surface area contributed by atoms with Crippen molar-refractivity contribution in [1.29, 1.82) is 0 Å². The molecule has 0 atom stereocenters. The molecule has 0 bridgehead atoms. The molecular formula is C47H67N8O7Y-. The Hall–Kier alpha value is -5.80. The van der Waals surface area contributed by atoms with Crippen molar-refractivity contribution in [2.24, 2.45) is 4.99 Å². The van der Waals surface area contributed by atoms with Crippen molar-refractivity contribution in [1.82, 2.24) is 34.9 Å². The number of hydrogen-bond acceptors (Lipinski definition) is 14. The largest absolute Gasteiger partial charge is 0.488 e. The summed E-state index contributed by atoms with van der Waals surface area (Å²) < 4.78 is 29.9. The van der Waals surface area contributed by atoms with Crippen LogP contribution in [0.4, 0.5) is 0 Å². The van der Waals surface area contributed by atoms with Gasteiger partial charge in [0, 0.05) is 105 Å². The van der Waals surface area contributed by atoms with E-state index in [4.69, 9.17) is 28.1 Å². The molecule has 0 fully saturated rings. The van der Waals surface area contributed by atoms with Gasteiger partial charge in [-0.3, -0.25) is 9.79 Å². The molecule has 1 radical (unpaired) electrons. The van der Waals surface area contributed by atoms with Crippen LogP contribution in [0.1, 0.15) is 74.7 Å². The van der Waals surface area contributed by atoms with Gasteiger partial charge in [0.05, 0.1) is 29.5 Å². The standard InChI is InChI=1S/C11H15N2O.C8H13NO.C7H9NO.C6H11NO.C6H7NO.C5H7NO.C4H5NO.Y/c1-5-12-11(14)10-8(3)6-7(2)9(4)13-10;1-7-8(2,3)10-6-5-9(7)4;1-6-7(2)9-5-4-8(6)3;1-6(2)7(3)4-5-8-6;1-5-6(2)8-4-3-7-5;1-5-6(2)3-4-7-5;1-4-5-2-3-6-4;/h5H2,1-4H3,(H,12,14);5-6H,1H2,2-4H3;4-5H,1-2H2,3H3;4-5H,1-3H3;3-4H,2H2,1H3;3-4H,1H2,2H3;2-3H,1H3;/q-1;;;;;;;. The number of ether oxygens (including phenoxy) is 5. The molecule has 5 aliphatic rings. The average molecular weight is 945 g/mol. The molecular weight excluding hydrogens is 877 g/mol. The van der Waals surface area contributed by atoms with E-state index in [1.54, 1.807) is 61.7 Å². The van der Waals surface area contributed by atoms with Crippen LogP contribution in [0.3, 0.4) is 0 Å². The van der Waals surface area contributed by atoms with Gasteiger partial charge in [-0.1, -0.05) is 52.8 Å². The number of hydrogen-bond donors (Lipinski definition) is 1. The second-order valence-corrected chi connectivity index (χ2v) is 14.6. The van der Waals surface area contributed by atoms with Gasteiger partial charge in [-0.05, 0) is 48.1 Å². The summed E-state index contributed by atoms with van der Waals surface area (Å²) >= 11 is 0. The van der Waals surface area contributed by atoms with Crippen LogP contribution in [0.25, 0.3) is 0 Å². The first-order chi connectivity index (χ1) is 28.9. The molecule has 0 unspecified atom stereocenters. The maximum Gasteiger partial charge on any atom is 0.213 e. The van der Waals surface area contributed by atoms with Crippen molar-refractivity contribution in [3.05, 3.63) is 171 Å². The summed E-state index contributed by atoms with van der Waals surface area (Å²) in [5.41, 5.74) is 5.39. The third kappa shape index (κ3) is 20.8. The quantitative estimate of drug-likeness (QED) is 0.287. The van der Waals surface area contributed by atoms with Gasteiger partial charge in [0.15, 0.2) is 17.5 Å². The fourth-order valence-electron chi connectivity index (χ4n) is 4.29. The zero-order valence-electron chi connectivity index (χ0n) is 39.7. The Morgan fingerprint density at radius 1 is 0.762 bits per heavy atom. The Morgan fingerprint density at radius 2 is 1.35 bits per heavy atom. The van der Waals surface area contributed by atoms with Crippen molar-refractivity contribution in [2.45, 2.75) is 80.6 Å². The number of aromatic nitrogens is 2. The molecule has 15 nitrogen and oxygen atoms in total. The zero-order chi connectivity index (χ0) is 47.2. The van der Waals surface area contributed by atoms with E-state index in [2.05, 4.69) is 59.2 Å². The number of carbonyl (C=O) groups excluding carboxylic acids is 1. The van der Waals surface area contributed by atoms with Crippen molar-refractivity contribution in [3.8, 4) is 0 Å². The SMILES string of the molecule is C=C1N(C)C=COC1(C)C.C=C1OC=CN(C)C1=C.C=C1OC=CN1C.C=C1OC=CN=C1C.CCNC(=O)c1nc(C)c(C)[c-]c1C.CN1C=COC1(C)C.Cc1ncco1.[Y]. The Balaban J connectivity index is 0.000000721. The minimum absolute atomic E-state index is 0. The number of nitrogens with zero attached hydrogens (tertiary/aromatic N) is 7. The molecule has 7 rings (SSSR count). The molecule has 0 aliphatic carbocycles. The molecule has 16 heteroatoms. The van der Waals surface area contributed by atoms with E-state index in [9.17, 15) is 4.79 Å². The fourth-order valence-corrected chi connectivity index (χ4v) is 4.29. The second kappa shape index (κ2) is 28.0.